The number of carbonyl (C=O) groups is 1. The van der Waals surface area contributed by atoms with Gasteiger partial charge in [-0.3, -0.25) is 9.69 Å². The molecule has 1 unspecified atom stereocenters. The molecule has 0 bridgehead atoms. The first-order valence-electron chi connectivity index (χ1n) is 14.3. The van der Waals surface area contributed by atoms with Gasteiger partial charge in [-0.2, -0.15) is 0 Å². The molecular formula is C33H42N2O4. The van der Waals surface area contributed by atoms with Crippen molar-refractivity contribution < 1.29 is 19.4 Å². The molecule has 0 aliphatic carbocycles. The molecule has 0 saturated carbocycles. The average molecular weight is 531 g/mol. The summed E-state index contributed by atoms with van der Waals surface area (Å²) in [5.74, 6) is 0.439. The van der Waals surface area contributed by atoms with E-state index < -0.39 is 6.23 Å². The Bertz CT molecular complexity index is 1130. The Hall–Kier alpha value is -3.19. The molecule has 6 heteroatoms. The lowest BCUT2D eigenvalue weighted by Crippen LogP contribution is -2.40. The van der Waals surface area contributed by atoms with Crippen LogP contribution in [0.25, 0.3) is 11.1 Å². The third-order valence-corrected chi connectivity index (χ3v) is 7.22. The van der Waals surface area contributed by atoms with Gasteiger partial charge in [-0.15, -0.1) is 0 Å². The smallest absolute Gasteiger partial charge is 0.256 e. The molecule has 1 N–H and O–H groups in total. The number of rotatable bonds is 14. The van der Waals surface area contributed by atoms with E-state index in [1.807, 2.05) is 66.7 Å². The molecule has 0 radical (unpaired) electrons. The quantitative estimate of drug-likeness (QED) is 0.200. The molecule has 3 aromatic rings. The molecule has 0 aromatic heterocycles. The molecule has 6 nitrogen and oxygen atoms in total. The highest BCUT2D eigenvalue weighted by Gasteiger charge is 2.27. The molecule has 3 aromatic carbocycles. The Balaban J connectivity index is 1.51. The maximum absolute atomic E-state index is 13.8. The zero-order chi connectivity index (χ0) is 27.3. The van der Waals surface area contributed by atoms with E-state index in [1.54, 1.807) is 4.90 Å². The van der Waals surface area contributed by atoms with Gasteiger partial charge in [-0.1, -0.05) is 86.8 Å². The Kier molecular flexibility index (Phi) is 11.4. The van der Waals surface area contributed by atoms with Crippen LogP contribution in [0.5, 0.6) is 5.75 Å². The lowest BCUT2D eigenvalue weighted by Gasteiger charge is -2.31. The largest absolute Gasteiger partial charge is 0.493 e. The topological polar surface area (TPSA) is 62.2 Å². The summed E-state index contributed by atoms with van der Waals surface area (Å²) in [5.41, 5.74) is 3.32. The van der Waals surface area contributed by atoms with Gasteiger partial charge in [0.25, 0.3) is 5.91 Å². The molecule has 1 aliphatic heterocycles. The van der Waals surface area contributed by atoms with Crippen LogP contribution >= 0.6 is 0 Å². The van der Waals surface area contributed by atoms with Crippen LogP contribution in [0.1, 0.15) is 61.2 Å². The maximum atomic E-state index is 13.8. The van der Waals surface area contributed by atoms with Crippen LogP contribution in [0.4, 0.5) is 0 Å². The highest BCUT2D eigenvalue weighted by molar-refractivity contribution is 5.95. The van der Waals surface area contributed by atoms with Crippen LogP contribution in [-0.4, -0.2) is 66.8 Å². The molecule has 1 saturated heterocycles. The second kappa shape index (κ2) is 15.4. The second-order valence-electron chi connectivity index (χ2n) is 10.1. The van der Waals surface area contributed by atoms with E-state index in [-0.39, 0.29) is 5.91 Å². The SMILES string of the molecule is CCCCCCOc1ccccc1C(O)N(CCCN1CCOCC1)C(=O)c1ccc(-c2ccccc2)cc1. The van der Waals surface area contributed by atoms with Gasteiger partial charge in [0, 0.05) is 37.3 Å². The highest BCUT2D eigenvalue weighted by Crippen LogP contribution is 2.30. The van der Waals surface area contributed by atoms with Crippen LogP contribution in [-0.2, 0) is 4.74 Å². The monoisotopic (exact) mass is 530 g/mol. The third-order valence-electron chi connectivity index (χ3n) is 7.22. The Labute approximate surface area is 233 Å². The van der Waals surface area contributed by atoms with Crippen LogP contribution in [0.15, 0.2) is 78.9 Å². The molecule has 1 aliphatic rings. The highest BCUT2D eigenvalue weighted by atomic mass is 16.5. The van der Waals surface area contributed by atoms with Crippen molar-refractivity contribution in [1.82, 2.24) is 9.80 Å². The maximum Gasteiger partial charge on any atom is 0.256 e. The van der Waals surface area contributed by atoms with E-state index in [0.29, 0.717) is 30.0 Å². The van der Waals surface area contributed by atoms with E-state index in [4.69, 9.17) is 9.47 Å². The zero-order valence-electron chi connectivity index (χ0n) is 23.1. The van der Waals surface area contributed by atoms with Gasteiger partial charge in [0.2, 0.25) is 0 Å². The number of aliphatic hydroxyl groups excluding tert-OH is 1. The van der Waals surface area contributed by atoms with Crippen LogP contribution < -0.4 is 4.74 Å². The lowest BCUT2D eigenvalue weighted by molar-refractivity contribution is 0.000247. The van der Waals surface area contributed by atoms with Crippen LogP contribution in [0.2, 0.25) is 0 Å². The van der Waals surface area contributed by atoms with Crippen molar-refractivity contribution in [3.63, 3.8) is 0 Å². The van der Waals surface area contributed by atoms with Crippen molar-refractivity contribution in [3.8, 4) is 16.9 Å². The summed E-state index contributed by atoms with van der Waals surface area (Å²) in [6.07, 6.45) is 4.08. The van der Waals surface area contributed by atoms with E-state index in [2.05, 4.69) is 24.0 Å². The average Bonchev–Trinajstić information content (AvgIpc) is 3.00. The molecule has 1 fully saturated rings. The Morgan fingerprint density at radius 2 is 1.59 bits per heavy atom. The number of carbonyl (C=O) groups excluding carboxylic acids is 1. The molecule has 1 heterocycles. The Morgan fingerprint density at radius 3 is 2.33 bits per heavy atom. The normalized spacial score (nSPS) is 14.6. The zero-order valence-corrected chi connectivity index (χ0v) is 23.1. The molecule has 208 valence electrons. The number of nitrogens with zero attached hydrogens (tertiary/aromatic N) is 2. The minimum absolute atomic E-state index is 0.193. The molecule has 39 heavy (non-hydrogen) atoms. The molecular weight excluding hydrogens is 488 g/mol. The number of para-hydroxylation sites is 1. The number of benzene rings is 3. The van der Waals surface area contributed by atoms with Crippen molar-refractivity contribution in [2.45, 2.75) is 45.3 Å². The standard InChI is InChI=1S/C33H42N2O4/c1-2-3-4-10-24-39-31-15-9-8-14-30(31)33(37)35(21-11-20-34-22-25-38-26-23-34)32(36)29-18-16-28(17-19-29)27-12-6-5-7-13-27/h5-9,12-19,33,37H,2-4,10-11,20-26H2,1H3. The van der Waals surface area contributed by atoms with Crippen LogP contribution in [0.3, 0.4) is 0 Å². The summed E-state index contributed by atoms with van der Waals surface area (Å²) in [4.78, 5) is 17.8. The summed E-state index contributed by atoms with van der Waals surface area (Å²) >= 11 is 0. The van der Waals surface area contributed by atoms with Gasteiger partial charge in [-0.25, -0.2) is 0 Å². The number of unbranched alkanes of at least 4 members (excludes halogenated alkanes) is 3. The fourth-order valence-electron chi connectivity index (χ4n) is 4.93. The second-order valence-corrected chi connectivity index (χ2v) is 10.1. The molecule has 0 spiro atoms. The van der Waals surface area contributed by atoms with Crippen molar-refractivity contribution in [2.75, 3.05) is 46.0 Å². The van der Waals surface area contributed by atoms with Gasteiger partial charge in [0.1, 0.15) is 5.75 Å². The molecule has 1 atom stereocenters. The summed E-state index contributed by atoms with van der Waals surface area (Å²) < 4.78 is 11.6. The van der Waals surface area contributed by atoms with E-state index in [9.17, 15) is 9.90 Å². The van der Waals surface area contributed by atoms with E-state index in [1.165, 1.54) is 12.8 Å². The Morgan fingerprint density at radius 1 is 0.897 bits per heavy atom. The van der Waals surface area contributed by atoms with E-state index >= 15 is 0 Å². The van der Waals surface area contributed by atoms with Crippen molar-refractivity contribution in [2.24, 2.45) is 0 Å². The minimum Gasteiger partial charge on any atom is -0.493 e. The number of hydrogen-bond donors (Lipinski definition) is 1. The van der Waals surface area contributed by atoms with Gasteiger partial charge in [0.15, 0.2) is 6.23 Å². The number of hydrogen-bond acceptors (Lipinski definition) is 5. The number of morpholine rings is 1. The van der Waals surface area contributed by atoms with E-state index in [0.717, 1.165) is 63.2 Å². The van der Waals surface area contributed by atoms with Gasteiger partial charge in [-0.05, 0) is 42.2 Å². The molecule has 1 amide bonds. The van der Waals surface area contributed by atoms with Crippen LogP contribution in [0, 0.1) is 0 Å². The third kappa shape index (κ3) is 8.40. The number of amides is 1. The van der Waals surface area contributed by atoms with Crippen molar-refractivity contribution in [1.29, 1.82) is 0 Å². The predicted octanol–water partition coefficient (Wildman–Crippen LogP) is 6.17. The van der Waals surface area contributed by atoms with Crippen molar-refractivity contribution in [3.05, 3.63) is 90.0 Å². The summed E-state index contributed by atoms with van der Waals surface area (Å²) in [6, 6.07) is 25.3. The fraction of sp³-hybridized carbons (Fsp3) is 0.424. The molecule has 4 rings (SSSR count). The summed E-state index contributed by atoms with van der Waals surface area (Å²) in [5, 5.41) is 11.6. The summed E-state index contributed by atoms with van der Waals surface area (Å²) in [7, 11) is 0. The van der Waals surface area contributed by atoms with Crippen molar-refractivity contribution >= 4 is 5.91 Å². The first-order chi connectivity index (χ1) is 19.2. The predicted molar refractivity (Wildman–Crippen MR) is 156 cm³/mol. The van der Waals surface area contributed by atoms with Gasteiger partial charge >= 0.3 is 0 Å². The fourth-order valence-corrected chi connectivity index (χ4v) is 4.93. The van der Waals surface area contributed by atoms with Gasteiger partial charge in [0.05, 0.1) is 19.8 Å². The lowest BCUT2D eigenvalue weighted by atomic mass is 10.0. The van der Waals surface area contributed by atoms with Gasteiger partial charge < -0.3 is 19.5 Å². The number of aliphatic hydroxyl groups is 1. The number of ether oxygens (including phenoxy) is 2. The first-order valence-corrected chi connectivity index (χ1v) is 14.3. The first kappa shape index (κ1) is 28.8. The minimum atomic E-state index is -1.11. The summed E-state index contributed by atoms with van der Waals surface area (Å²) in [6.45, 7) is 7.33.